The lowest BCUT2D eigenvalue weighted by Gasteiger charge is -2.04. The molecule has 1 aromatic carbocycles. The third-order valence-corrected chi connectivity index (χ3v) is 3.90. The van der Waals surface area contributed by atoms with E-state index in [2.05, 4.69) is 9.97 Å². The molecule has 4 nitrogen and oxygen atoms in total. The Kier molecular flexibility index (Phi) is 4.72. The van der Waals surface area contributed by atoms with Crippen LogP contribution in [0.15, 0.2) is 48.9 Å². The van der Waals surface area contributed by atoms with Crippen molar-refractivity contribution in [2.75, 3.05) is 0 Å². The number of carbonyl (C=O) groups excluding carboxylic acids is 2. The highest BCUT2D eigenvalue weighted by molar-refractivity contribution is 6.31. The van der Waals surface area contributed by atoms with Crippen molar-refractivity contribution in [3.05, 3.63) is 88.0 Å². The first-order chi connectivity index (χ1) is 12.0. The van der Waals surface area contributed by atoms with Crippen molar-refractivity contribution in [1.82, 2.24) is 9.97 Å². The molecule has 2 aromatic heterocycles. The quantitative estimate of drug-likeness (QED) is 0.552. The Hall–Kier alpha value is -2.86. The summed E-state index contributed by atoms with van der Waals surface area (Å²) in [5.41, 5.74) is 0.0873. The summed E-state index contributed by atoms with van der Waals surface area (Å²) in [6.07, 6.45) is 4.47. The minimum atomic E-state index is -1.13. The van der Waals surface area contributed by atoms with E-state index in [-0.39, 0.29) is 28.5 Å². The SMILES string of the molecule is O=C(Cc1cccnc1)c1cc(C(=O)c2c(F)ccc(Cl)c2F)c[nH]1. The summed E-state index contributed by atoms with van der Waals surface area (Å²) < 4.78 is 27.8. The molecule has 0 atom stereocenters. The minimum Gasteiger partial charge on any atom is -0.358 e. The fourth-order valence-electron chi connectivity index (χ4n) is 2.35. The van der Waals surface area contributed by atoms with E-state index in [4.69, 9.17) is 11.6 Å². The van der Waals surface area contributed by atoms with Gasteiger partial charge in [0.15, 0.2) is 11.6 Å². The molecular formula is C18H11ClF2N2O2. The molecular weight excluding hydrogens is 350 g/mol. The Bertz CT molecular complexity index is 955. The number of pyridine rings is 1. The first kappa shape index (κ1) is 17.0. The first-order valence-corrected chi connectivity index (χ1v) is 7.64. The number of aromatic nitrogens is 2. The highest BCUT2D eigenvalue weighted by Gasteiger charge is 2.23. The molecule has 0 aliphatic rings. The van der Waals surface area contributed by atoms with Gasteiger partial charge in [-0.15, -0.1) is 0 Å². The maximum absolute atomic E-state index is 14.0. The molecule has 0 unspecified atom stereocenters. The molecule has 0 radical (unpaired) electrons. The van der Waals surface area contributed by atoms with Gasteiger partial charge in [0.2, 0.25) is 5.78 Å². The predicted octanol–water partition coefficient (Wildman–Crippen LogP) is 4.00. The van der Waals surface area contributed by atoms with Crippen LogP contribution in [0.25, 0.3) is 0 Å². The van der Waals surface area contributed by atoms with Gasteiger partial charge in [-0.05, 0) is 29.8 Å². The average Bonchev–Trinajstić information content (AvgIpc) is 3.09. The number of aromatic amines is 1. The number of benzene rings is 1. The van der Waals surface area contributed by atoms with Crippen molar-refractivity contribution in [2.45, 2.75) is 6.42 Å². The second kappa shape index (κ2) is 6.94. The van der Waals surface area contributed by atoms with Crippen molar-refractivity contribution in [3.63, 3.8) is 0 Å². The van der Waals surface area contributed by atoms with Gasteiger partial charge in [0, 0.05) is 30.6 Å². The van der Waals surface area contributed by atoms with Crippen LogP contribution in [0.1, 0.15) is 32.0 Å². The molecule has 7 heteroatoms. The van der Waals surface area contributed by atoms with Crippen LogP contribution in [-0.4, -0.2) is 21.5 Å². The van der Waals surface area contributed by atoms with E-state index in [1.807, 2.05) is 0 Å². The van der Waals surface area contributed by atoms with Gasteiger partial charge >= 0.3 is 0 Å². The Morgan fingerprint density at radius 1 is 1.20 bits per heavy atom. The molecule has 0 bridgehead atoms. The van der Waals surface area contributed by atoms with Gasteiger partial charge in [0.1, 0.15) is 5.82 Å². The predicted molar refractivity (Wildman–Crippen MR) is 87.9 cm³/mol. The molecule has 3 aromatic rings. The maximum atomic E-state index is 14.0. The zero-order chi connectivity index (χ0) is 18.0. The fraction of sp³-hybridized carbons (Fsp3) is 0.0556. The largest absolute Gasteiger partial charge is 0.358 e. The van der Waals surface area contributed by atoms with Crippen molar-refractivity contribution in [3.8, 4) is 0 Å². The number of carbonyl (C=O) groups is 2. The van der Waals surface area contributed by atoms with E-state index >= 15 is 0 Å². The van der Waals surface area contributed by atoms with Crippen LogP contribution in [0.5, 0.6) is 0 Å². The Labute approximate surface area is 146 Å². The number of hydrogen-bond acceptors (Lipinski definition) is 3. The topological polar surface area (TPSA) is 62.8 Å². The molecule has 0 saturated carbocycles. The molecule has 0 fully saturated rings. The van der Waals surface area contributed by atoms with Gasteiger partial charge < -0.3 is 4.98 Å². The van der Waals surface area contributed by atoms with E-state index in [9.17, 15) is 18.4 Å². The number of nitrogens with one attached hydrogen (secondary N) is 1. The Morgan fingerprint density at radius 3 is 2.72 bits per heavy atom. The Balaban J connectivity index is 1.85. The zero-order valence-electron chi connectivity index (χ0n) is 12.7. The second-order valence-corrected chi connectivity index (χ2v) is 5.72. The molecule has 0 spiro atoms. The number of rotatable bonds is 5. The molecule has 1 N–H and O–H groups in total. The summed E-state index contributed by atoms with van der Waals surface area (Å²) in [5, 5.41) is -0.354. The monoisotopic (exact) mass is 360 g/mol. The van der Waals surface area contributed by atoms with E-state index in [0.717, 1.165) is 12.1 Å². The van der Waals surface area contributed by atoms with E-state index < -0.39 is 23.0 Å². The van der Waals surface area contributed by atoms with Crippen LogP contribution in [-0.2, 0) is 6.42 Å². The minimum absolute atomic E-state index is 0.0328. The van der Waals surface area contributed by atoms with Gasteiger partial charge in [-0.2, -0.15) is 0 Å². The standard InChI is InChI=1S/C18H11ClF2N2O2/c19-12-3-4-13(20)16(17(12)21)18(25)11-7-14(23-9-11)15(24)6-10-2-1-5-22-8-10/h1-5,7-9,23H,6H2. The molecule has 0 aliphatic carbocycles. The van der Waals surface area contributed by atoms with Gasteiger partial charge in [0.25, 0.3) is 0 Å². The van der Waals surface area contributed by atoms with Gasteiger partial charge in [-0.3, -0.25) is 14.6 Å². The number of ketones is 2. The lowest BCUT2D eigenvalue weighted by molar-refractivity contribution is 0.0988. The number of Topliss-reactive ketones (excluding diaryl/α,β-unsaturated/α-hetero) is 1. The maximum Gasteiger partial charge on any atom is 0.200 e. The van der Waals surface area contributed by atoms with Crippen LogP contribution in [0.4, 0.5) is 8.78 Å². The lowest BCUT2D eigenvalue weighted by atomic mass is 10.0. The molecule has 0 aliphatic heterocycles. The number of H-pyrrole nitrogens is 1. The lowest BCUT2D eigenvalue weighted by Crippen LogP contribution is -2.07. The molecule has 2 heterocycles. The Morgan fingerprint density at radius 2 is 2.00 bits per heavy atom. The van der Waals surface area contributed by atoms with Crippen molar-refractivity contribution in [1.29, 1.82) is 0 Å². The summed E-state index contributed by atoms with van der Waals surface area (Å²) in [7, 11) is 0. The summed E-state index contributed by atoms with van der Waals surface area (Å²) in [5.74, 6) is -3.32. The second-order valence-electron chi connectivity index (χ2n) is 5.31. The van der Waals surface area contributed by atoms with E-state index in [1.54, 1.807) is 24.5 Å². The van der Waals surface area contributed by atoms with Gasteiger partial charge in [-0.1, -0.05) is 17.7 Å². The molecule has 25 heavy (non-hydrogen) atoms. The molecule has 3 rings (SSSR count). The van der Waals surface area contributed by atoms with Crippen molar-refractivity contribution < 1.29 is 18.4 Å². The number of hydrogen-bond donors (Lipinski definition) is 1. The average molecular weight is 361 g/mol. The first-order valence-electron chi connectivity index (χ1n) is 7.26. The van der Waals surface area contributed by atoms with Crippen LogP contribution >= 0.6 is 11.6 Å². The van der Waals surface area contributed by atoms with Crippen LogP contribution in [0.3, 0.4) is 0 Å². The normalized spacial score (nSPS) is 10.7. The third kappa shape index (κ3) is 3.49. The summed E-state index contributed by atoms with van der Waals surface area (Å²) >= 11 is 5.60. The van der Waals surface area contributed by atoms with E-state index in [0.29, 0.717) is 5.56 Å². The molecule has 0 saturated heterocycles. The highest BCUT2D eigenvalue weighted by atomic mass is 35.5. The summed E-state index contributed by atoms with van der Waals surface area (Å²) in [6, 6.07) is 6.66. The fourth-order valence-corrected chi connectivity index (χ4v) is 2.51. The van der Waals surface area contributed by atoms with Crippen LogP contribution < -0.4 is 0 Å². The summed E-state index contributed by atoms with van der Waals surface area (Å²) in [6.45, 7) is 0. The molecule has 126 valence electrons. The van der Waals surface area contributed by atoms with Crippen LogP contribution in [0.2, 0.25) is 5.02 Å². The van der Waals surface area contributed by atoms with Crippen molar-refractivity contribution in [2.24, 2.45) is 0 Å². The zero-order valence-corrected chi connectivity index (χ0v) is 13.5. The number of halogens is 3. The molecule has 0 amide bonds. The van der Waals surface area contributed by atoms with Gasteiger partial charge in [0.05, 0.1) is 16.3 Å². The highest BCUT2D eigenvalue weighted by Crippen LogP contribution is 2.24. The third-order valence-electron chi connectivity index (χ3n) is 3.60. The van der Waals surface area contributed by atoms with E-state index in [1.165, 1.54) is 12.3 Å². The summed E-state index contributed by atoms with van der Waals surface area (Å²) in [4.78, 5) is 31.2. The van der Waals surface area contributed by atoms with Crippen molar-refractivity contribution >= 4 is 23.2 Å². The smallest absolute Gasteiger partial charge is 0.200 e. The number of nitrogens with zero attached hydrogens (tertiary/aromatic N) is 1. The van der Waals surface area contributed by atoms with Crippen LogP contribution in [0, 0.1) is 11.6 Å². The van der Waals surface area contributed by atoms with Gasteiger partial charge in [-0.25, -0.2) is 8.78 Å².